The summed E-state index contributed by atoms with van der Waals surface area (Å²) in [5.41, 5.74) is 2.12. The van der Waals surface area contributed by atoms with Crippen molar-refractivity contribution in [1.29, 1.82) is 0 Å². The number of thiazole rings is 1. The molecule has 1 fully saturated rings. The van der Waals surface area contributed by atoms with Crippen molar-refractivity contribution in [2.75, 3.05) is 6.61 Å². The minimum absolute atomic E-state index is 0.0865. The minimum atomic E-state index is -0.0865. The van der Waals surface area contributed by atoms with Gasteiger partial charge in [-0.3, -0.25) is 0 Å². The third kappa shape index (κ3) is 3.51. The normalized spacial score (nSPS) is 17.8. The molecule has 0 unspecified atom stereocenters. The Labute approximate surface area is 130 Å². The fourth-order valence-electron chi connectivity index (χ4n) is 3.02. The SMILES string of the molecule is OCC1(NCc2nc(-c3ccccc3)cs2)CCCCC1. The predicted octanol–water partition coefficient (Wildman–Crippen LogP) is 3.59. The van der Waals surface area contributed by atoms with Crippen LogP contribution in [0.4, 0.5) is 0 Å². The molecule has 0 atom stereocenters. The maximum Gasteiger partial charge on any atom is 0.107 e. The van der Waals surface area contributed by atoms with Crippen LogP contribution >= 0.6 is 11.3 Å². The van der Waals surface area contributed by atoms with Gasteiger partial charge in [-0.25, -0.2) is 4.98 Å². The topological polar surface area (TPSA) is 45.1 Å². The summed E-state index contributed by atoms with van der Waals surface area (Å²) in [6.45, 7) is 0.974. The van der Waals surface area contributed by atoms with Gasteiger partial charge < -0.3 is 10.4 Å². The van der Waals surface area contributed by atoms with Gasteiger partial charge in [0.05, 0.1) is 12.3 Å². The van der Waals surface area contributed by atoms with E-state index in [9.17, 15) is 5.11 Å². The molecule has 2 N–H and O–H groups in total. The van der Waals surface area contributed by atoms with Crippen molar-refractivity contribution in [3.05, 3.63) is 40.7 Å². The lowest BCUT2D eigenvalue weighted by Gasteiger charge is -2.36. The number of rotatable bonds is 5. The van der Waals surface area contributed by atoms with Crippen LogP contribution in [0.25, 0.3) is 11.3 Å². The lowest BCUT2D eigenvalue weighted by atomic mass is 9.82. The summed E-state index contributed by atoms with van der Waals surface area (Å²) in [6.07, 6.45) is 5.85. The molecule has 1 saturated carbocycles. The first-order chi connectivity index (χ1) is 10.3. The first-order valence-corrected chi connectivity index (χ1v) is 8.55. The summed E-state index contributed by atoms with van der Waals surface area (Å²) < 4.78 is 0. The Bertz CT molecular complexity index is 561. The number of hydrogen-bond acceptors (Lipinski definition) is 4. The van der Waals surface area contributed by atoms with E-state index in [0.717, 1.165) is 35.7 Å². The Morgan fingerprint density at radius 1 is 1.14 bits per heavy atom. The van der Waals surface area contributed by atoms with Crippen LogP contribution in [0.15, 0.2) is 35.7 Å². The minimum Gasteiger partial charge on any atom is -0.394 e. The van der Waals surface area contributed by atoms with Gasteiger partial charge in [0.25, 0.3) is 0 Å². The molecular weight excluding hydrogens is 280 g/mol. The molecule has 112 valence electrons. The highest BCUT2D eigenvalue weighted by Gasteiger charge is 2.30. The third-order valence-corrected chi connectivity index (χ3v) is 5.20. The highest BCUT2D eigenvalue weighted by molar-refractivity contribution is 7.09. The molecule has 0 aliphatic heterocycles. The molecule has 1 aliphatic rings. The second kappa shape index (κ2) is 6.69. The van der Waals surface area contributed by atoms with E-state index in [1.165, 1.54) is 19.3 Å². The molecular formula is C17H22N2OS. The molecule has 0 bridgehead atoms. The van der Waals surface area contributed by atoms with Crippen LogP contribution in [0, 0.1) is 0 Å². The van der Waals surface area contributed by atoms with E-state index in [2.05, 4.69) is 22.8 Å². The summed E-state index contributed by atoms with van der Waals surface area (Å²) >= 11 is 1.69. The molecule has 1 aromatic carbocycles. The summed E-state index contributed by atoms with van der Waals surface area (Å²) in [4.78, 5) is 4.70. The Balaban J connectivity index is 1.65. The van der Waals surface area contributed by atoms with Gasteiger partial charge in [-0.1, -0.05) is 49.6 Å². The zero-order chi connectivity index (χ0) is 14.5. The molecule has 0 saturated heterocycles. The first-order valence-electron chi connectivity index (χ1n) is 7.67. The molecule has 0 spiro atoms. The van der Waals surface area contributed by atoms with Crippen LogP contribution in [-0.4, -0.2) is 22.2 Å². The molecule has 1 heterocycles. The van der Waals surface area contributed by atoms with E-state index in [0.29, 0.717) is 0 Å². The van der Waals surface area contributed by atoms with E-state index < -0.39 is 0 Å². The quantitative estimate of drug-likeness (QED) is 0.887. The van der Waals surface area contributed by atoms with E-state index in [4.69, 9.17) is 4.98 Å². The lowest BCUT2D eigenvalue weighted by molar-refractivity contribution is 0.119. The Kier molecular flexibility index (Phi) is 4.68. The van der Waals surface area contributed by atoms with E-state index in [1.54, 1.807) is 11.3 Å². The number of aliphatic hydroxyl groups is 1. The molecule has 3 nitrogen and oxygen atoms in total. The molecule has 1 aliphatic carbocycles. The number of nitrogens with zero attached hydrogens (tertiary/aromatic N) is 1. The van der Waals surface area contributed by atoms with Crippen LogP contribution in [0.3, 0.4) is 0 Å². The van der Waals surface area contributed by atoms with Gasteiger partial charge >= 0.3 is 0 Å². The fourth-order valence-corrected chi connectivity index (χ4v) is 3.76. The Hall–Kier alpha value is -1.23. The van der Waals surface area contributed by atoms with Gasteiger partial charge in [-0.15, -0.1) is 11.3 Å². The summed E-state index contributed by atoms with van der Waals surface area (Å²) in [7, 11) is 0. The van der Waals surface area contributed by atoms with Crippen LogP contribution in [0.1, 0.15) is 37.1 Å². The standard InChI is InChI=1S/C17H22N2OS/c20-13-17(9-5-2-6-10-17)18-11-16-19-15(12-21-16)14-7-3-1-4-8-14/h1,3-4,7-8,12,18,20H,2,5-6,9-11,13H2. The number of aromatic nitrogens is 1. The largest absolute Gasteiger partial charge is 0.394 e. The van der Waals surface area contributed by atoms with Gasteiger partial charge in [0.15, 0.2) is 0 Å². The highest BCUT2D eigenvalue weighted by atomic mass is 32.1. The molecule has 0 radical (unpaired) electrons. The monoisotopic (exact) mass is 302 g/mol. The molecule has 4 heteroatoms. The van der Waals surface area contributed by atoms with Gasteiger partial charge in [0.2, 0.25) is 0 Å². The lowest BCUT2D eigenvalue weighted by Crippen LogP contribution is -2.49. The predicted molar refractivity (Wildman–Crippen MR) is 87.3 cm³/mol. The number of nitrogens with one attached hydrogen (secondary N) is 1. The number of aliphatic hydroxyl groups excluding tert-OH is 1. The summed E-state index contributed by atoms with van der Waals surface area (Å²) in [6, 6.07) is 10.3. The molecule has 3 rings (SSSR count). The highest BCUT2D eigenvalue weighted by Crippen LogP contribution is 2.29. The maximum absolute atomic E-state index is 9.72. The van der Waals surface area contributed by atoms with Gasteiger partial charge in [0, 0.05) is 23.0 Å². The third-order valence-electron chi connectivity index (χ3n) is 4.35. The second-order valence-corrected chi connectivity index (χ2v) is 6.79. The van der Waals surface area contributed by atoms with Crippen molar-refractivity contribution in [3.8, 4) is 11.3 Å². The van der Waals surface area contributed by atoms with Crippen LogP contribution in [-0.2, 0) is 6.54 Å². The first kappa shape index (κ1) is 14.7. The van der Waals surface area contributed by atoms with Crippen molar-refractivity contribution >= 4 is 11.3 Å². The van der Waals surface area contributed by atoms with Gasteiger partial charge in [0.1, 0.15) is 5.01 Å². The zero-order valence-electron chi connectivity index (χ0n) is 12.2. The van der Waals surface area contributed by atoms with Crippen LogP contribution < -0.4 is 5.32 Å². The van der Waals surface area contributed by atoms with Gasteiger partial charge in [-0.05, 0) is 12.8 Å². The molecule has 0 amide bonds. The number of benzene rings is 1. The van der Waals surface area contributed by atoms with Crippen molar-refractivity contribution in [2.24, 2.45) is 0 Å². The van der Waals surface area contributed by atoms with E-state index in [1.807, 2.05) is 18.2 Å². The summed E-state index contributed by atoms with van der Waals surface area (Å²) in [5, 5.41) is 16.5. The summed E-state index contributed by atoms with van der Waals surface area (Å²) in [5.74, 6) is 0. The molecule has 21 heavy (non-hydrogen) atoms. The van der Waals surface area contributed by atoms with E-state index >= 15 is 0 Å². The Morgan fingerprint density at radius 2 is 1.90 bits per heavy atom. The van der Waals surface area contributed by atoms with Crippen molar-refractivity contribution in [3.63, 3.8) is 0 Å². The van der Waals surface area contributed by atoms with E-state index in [-0.39, 0.29) is 12.1 Å². The maximum atomic E-state index is 9.72. The van der Waals surface area contributed by atoms with Crippen LogP contribution in [0.2, 0.25) is 0 Å². The Morgan fingerprint density at radius 3 is 2.62 bits per heavy atom. The smallest absolute Gasteiger partial charge is 0.107 e. The zero-order valence-corrected chi connectivity index (χ0v) is 13.0. The average molecular weight is 302 g/mol. The fraction of sp³-hybridized carbons (Fsp3) is 0.471. The average Bonchev–Trinajstić information content (AvgIpc) is 3.04. The van der Waals surface area contributed by atoms with Crippen molar-refractivity contribution < 1.29 is 5.11 Å². The van der Waals surface area contributed by atoms with Gasteiger partial charge in [-0.2, -0.15) is 0 Å². The second-order valence-electron chi connectivity index (χ2n) is 5.85. The van der Waals surface area contributed by atoms with Crippen LogP contribution in [0.5, 0.6) is 0 Å². The number of hydrogen-bond donors (Lipinski definition) is 2. The van der Waals surface area contributed by atoms with Crippen molar-refractivity contribution in [1.82, 2.24) is 10.3 Å². The van der Waals surface area contributed by atoms with Crippen molar-refractivity contribution in [2.45, 2.75) is 44.2 Å². The molecule has 2 aromatic rings. The molecule has 1 aromatic heterocycles.